The third-order valence-corrected chi connectivity index (χ3v) is 6.24. The summed E-state index contributed by atoms with van der Waals surface area (Å²) in [5, 5.41) is 9.64. The minimum atomic E-state index is -0.273. The van der Waals surface area contributed by atoms with Crippen LogP contribution in [0.1, 0.15) is 49.7 Å². The van der Waals surface area contributed by atoms with E-state index in [2.05, 4.69) is 6.92 Å². The summed E-state index contributed by atoms with van der Waals surface area (Å²) in [5.74, 6) is 1.33. The first-order valence-electron chi connectivity index (χ1n) is 7.88. The van der Waals surface area contributed by atoms with Gasteiger partial charge in [0.1, 0.15) is 17.3 Å². The van der Waals surface area contributed by atoms with Gasteiger partial charge in [0.25, 0.3) is 0 Å². The summed E-state index contributed by atoms with van der Waals surface area (Å²) in [5.41, 5.74) is 1.93. The molecule has 0 saturated heterocycles. The van der Waals surface area contributed by atoms with E-state index in [9.17, 15) is 14.7 Å². The third kappa shape index (κ3) is 1.66. The molecule has 1 aromatic rings. The molecule has 0 unspecified atom stereocenters. The quantitative estimate of drug-likeness (QED) is 0.797. The van der Waals surface area contributed by atoms with Gasteiger partial charge in [0.15, 0.2) is 0 Å². The van der Waals surface area contributed by atoms with Gasteiger partial charge < -0.3 is 5.11 Å². The van der Waals surface area contributed by atoms with Crippen molar-refractivity contribution in [1.82, 2.24) is 0 Å². The number of Topliss-reactive ketones (excluding diaryl/α,β-unsaturated/α-hetero) is 2. The van der Waals surface area contributed by atoms with E-state index < -0.39 is 0 Å². The van der Waals surface area contributed by atoms with Crippen molar-refractivity contribution in [3.8, 4) is 5.75 Å². The van der Waals surface area contributed by atoms with Gasteiger partial charge in [0.2, 0.25) is 0 Å². The Hall–Kier alpha value is -1.64. The van der Waals surface area contributed by atoms with Crippen molar-refractivity contribution in [2.45, 2.75) is 44.9 Å². The van der Waals surface area contributed by atoms with Crippen LogP contribution in [0.3, 0.4) is 0 Å². The zero-order chi connectivity index (χ0) is 14.8. The molecule has 0 aromatic heterocycles. The van der Waals surface area contributed by atoms with Crippen molar-refractivity contribution in [3.05, 3.63) is 29.3 Å². The summed E-state index contributed by atoms with van der Waals surface area (Å²) < 4.78 is 0. The fourth-order valence-corrected chi connectivity index (χ4v) is 5.12. The summed E-state index contributed by atoms with van der Waals surface area (Å²) in [6, 6.07) is 5.44. The molecule has 21 heavy (non-hydrogen) atoms. The molecular formula is C18H20O3. The molecule has 2 fully saturated rings. The number of ketones is 2. The molecule has 3 heteroatoms. The smallest absolute Gasteiger partial charge is 0.141 e. The largest absolute Gasteiger partial charge is 0.508 e. The van der Waals surface area contributed by atoms with Crippen molar-refractivity contribution in [1.29, 1.82) is 0 Å². The highest BCUT2D eigenvalue weighted by Crippen LogP contribution is 2.58. The number of aromatic hydroxyl groups is 1. The number of fused-ring (bicyclic) bond motifs is 5. The Morgan fingerprint density at radius 2 is 2.05 bits per heavy atom. The summed E-state index contributed by atoms with van der Waals surface area (Å²) in [6.45, 7) is 2.07. The van der Waals surface area contributed by atoms with E-state index in [1.54, 1.807) is 12.1 Å². The first kappa shape index (κ1) is 13.1. The van der Waals surface area contributed by atoms with Crippen LogP contribution in [0.2, 0.25) is 0 Å². The Balaban J connectivity index is 1.79. The summed E-state index contributed by atoms with van der Waals surface area (Å²) in [7, 11) is 0. The van der Waals surface area contributed by atoms with E-state index in [0.717, 1.165) is 24.8 Å². The maximum atomic E-state index is 12.7. The highest BCUT2D eigenvalue weighted by Gasteiger charge is 2.56. The minimum Gasteiger partial charge on any atom is -0.508 e. The zero-order valence-corrected chi connectivity index (χ0v) is 12.3. The number of hydrogen-bond donors (Lipinski definition) is 1. The number of phenolic OH excluding ortho intramolecular Hbond substituents is 1. The van der Waals surface area contributed by atoms with E-state index in [1.165, 1.54) is 5.56 Å². The van der Waals surface area contributed by atoms with Gasteiger partial charge in [-0.25, -0.2) is 0 Å². The standard InChI is InChI=1S/C18H20O3/c1-18-7-6-13-12-3-2-11(19)8-10(12)9-15(20)17(13)14(18)4-5-16(18)21/h2-3,8,13-14,17,19H,4-7,9H2,1H3/t13-,14+,17-,18+/m1/s1. The highest BCUT2D eigenvalue weighted by atomic mass is 16.3. The lowest BCUT2D eigenvalue weighted by Crippen LogP contribution is -2.46. The lowest BCUT2D eigenvalue weighted by molar-refractivity contribution is -0.134. The van der Waals surface area contributed by atoms with Gasteiger partial charge in [0.05, 0.1) is 0 Å². The topological polar surface area (TPSA) is 54.4 Å². The number of carbonyl (C=O) groups excluding carboxylic acids is 2. The molecule has 0 radical (unpaired) electrons. The molecule has 0 aliphatic heterocycles. The van der Waals surface area contributed by atoms with Crippen molar-refractivity contribution in [2.75, 3.05) is 0 Å². The molecule has 1 N–H and O–H groups in total. The average Bonchev–Trinajstić information content (AvgIpc) is 2.74. The van der Waals surface area contributed by atoms with Gasteiger partial charge in [-0.1, -0.05) is 13.0 Å². The monoisotopic (exact) mass is 284 g/mol. The first-order chi connectivity index (χ1) is 10.0. The number of carbonyl (C=O) groups is 2. The van der Waals surface area contributed by atoms with Crippen LogP contribution in [0, 0.1) is 17.3 Å². The van der Waals surface area contributed by atoms with Crippen LogP contribution in [0.5, 0.6) is 5.75 Å². The Kier molecular flexibility index (Phi) is 2.60. The number of rotatable bonds is 0. The van der Waals surface area contributed by atoms with Gasteiger partial charge in [-0.15, -0.1) is 0 Å². The predicted octanol–water partition coefficient (Wildman–Crippen LogP) is 3.00. The predicted molar refractivity (Wildman–Crippen MR) is 78.1 cm³/mol. The molecule has 0 heterocycles. The molecule has 110 valence electrons. The Labute approximate surface area is 124 Å². The van der Waals surface area contributed by atoms with Crippen molar-refractivity contribution in [3.63, 3.8) is 0 Å². The minimum absolute atomic E-state index is 0.00671. The highest BCUT2D eigenvalue weighted by molar-refractivity contribution is 5.92. The van der Waals surface area contributed by atoms with Crippen LogP contribution in [-0.2, 0) is 16.0 Å². The van der Waals surface area contributed by atoms with Crippen LogP contribution in [0.4, 0.5) is 0 Å². The Bertz CT molecular complexity index is 648. The Morgan fingerprint density at radius 1 is 1.24 bits per heavy atom. The molecule has 0 bridgehead atoms. The maximum absolute atomic E-state index is 12.7. The lowest BCUT2D eigenvalue weighted by Gasteiger charge is -2.47. The van der Waals surface area contributed by atoms with Gasteiger partial charge in [-0.05, 0) is 54.4 Å². The van der Waals surface area contributed by atoms with Gasteiger partial charge in [-0.3, -0.25) is 9.59 Å². The molecule has 4 atom stereocenters. The third-order valence-electron chi connectivity index (χ3n) is 6.24. The van der Waals surface area contributed by atoms with Crippen molar-refractivity contribution < 1.29 is 14.7 Å². The Morgan fingerprint density at radius 3 is 2.86 bits per heavy atom. The van der Waals surface area contributed by atoms with Gasteiger partial charge in [-0.2, -0.15) is 0 Å². The normalized spacial score (nSPS) is 37.9. The van der Waals surface area contributed by atoms with Crippen LogP contribution in [0.25, 0.3) is 0 Å². The van der Waals surface area contributed by atoms with E-state index in [0.29, 0.717) is 18.6 Å². The second-order valence-electron chi connectivity index (χ2n) is 7.18. The van der Waals surface area contributed by atoms with Crippen LogP contribution >= 0.6 is 0 Å². The fourth-order valence-electron chi connectivity index (χ4n) is 5.12. The van der Waals surface area contributed by atoms with Gasteiger partial charge in [0, 0.05) is 24.2 Å². The van der Waals surface area contributed by atoms with E-state index in [4.69, 9.17) is 0 Å². The number of benzene rings is 1. The van der Waals surface area contributed by atoms with Crippen LogP contribution < -0.4 is 0 Å². The molecule has 0 amide bonds. The molecular weight excluding hydrogens is 264 g/mol. The van der Waals surface area contributed by atoms with Crippen LogP contribution in [-0.4, -0.2) is 16.7 Å². The van der Waals surface area contributed by atoms with Crippen molar-refractivity contribution in [2.24, 2.45) is 17.3 Å². The average molecular weight is 284 g/mol. The molecule has 3 aliphatic carbocycles. The zero-order valence-electron chi connectivity index (χ0n) is 12.3. The lowest BCUT2D eigenvalue weighted by atomic mass is 9.55. The molecule has 1 aromatic carbocycles. The SMILES string of the molecule is C[C@]12CC[C@@H]3c4ccc(O)cc4CC(=O)[C@H]3[C@@H]1CCC2=O. The second kappa shape index (κ2) is 4.19. The van der Waals surface area contributed by atoms with Gasteiger partial charge >= 0.3 is 0 Å². The maximum Gasteiger partial charge on any atom is 0.141 e. The molecule has 3 nitrogen and oxygen atoms in total. The molecule has 4 rings (SSSR count). The summed E-state index contributed by atoms with van der Waals surface area (Å²) in [6.07, 6.45) is 3.72. The summed E-state index contributed by atoms with van der Waals surface area (Å²) >= 11 is 0. The first-order valence-corrected chi connectivity index (χ1v) is 7.88. The number of phenols is 1. The molecule has 2 saturated carbocycles. The second-order valence-corrected chi connectivity index (χ2v) is 7.18. The summed E-state index contributed by atoms with van der Waals surface area (Å²) in [4.78, 5) is 25.0. The molecule has 0 spiro atoms. The fraction of sp³-hybridized carbons (Fsp3) is 0.556. The van der Waals surface area contributed by atoms with E-state index in [1.807, 2.05) is 6.07 Å². The van der Waals surface area contributed by atoms with E-state index in [-0.39, 0.29) is 34.7 Å². The number of hydrogen-bond acceptors (Lipinski definition) is 3. The van der Waals surface area contributed by atoms with E-state index >= 15 is 0 Å². The molecule has 3 aliphatic rings. The van der Waals surface area contributed by atoms with Crippen molar-refractivity contribution >= 4 is 11.6 Å². The van der Waals surface area contributed by atoms with Crippen LogP contribution in [0.15, 0.2) is 18.2 Å².